The molecule has 2 rings (SSSR count). The van der Waals surface area contributed by atoms with Gasteiger partial charge in [0, 0.05) is 19.7 Å². The third-order valence-corrected chi connectivity index (χ3v) is 3.80. The lowest BCUT2D eigenvalue weighted by Crippen LogP contribution is -2.32. The van der Waals surface area contributed by atoms with Crippen LogP contribution in [0.3, 0.4) is 0 Å². The molecule has 1 aromatic carbocycles. The predicted molar refractivity (Wildman–Crippen MR) is 71.2 cm³/mol. The Morgan fingerprint density at radius 2 is 2.17 bits per heavy atom. The Labute approximate surface area is 108 Å². The number of benzene rings is 1. The van der Waals surface area contributed by atoms with Crippen molar-refractivity contribution in [2.24, 2.45) is 5.92 Å². The first-order valence-corrected chi connectivity index (χ1v) is 6.67. The highest BCUT2D eigenvalue weighted by atomic mass is 16.3. The van der Waals surface area contributed by atoms with Crippen LogP contribution in [0.4, 0.5) is 0 Å². The number of aliphatic hydroxyl groups is 1. The van der Waals surface area contributed by atoms with Crippen molar-refractivity contribution in [2.45, 2.75) is 25.7 Å². The van der Waals surface area contributed by atoms with E-state index in [1.807, 2.05) is 42.2 Å². The molecule has 1 saturated heterocycles. The van der Waals surface area contributed by atoms with Crippen LogP contribution >= 0.6 is 0 Å². The second kappa shape index (κ2) is 6.01. The zero-order valence-corrected chi connectivity index (χ0v) is 10.9. The number of nitrogens with zero attached hydrogens (tertiary/aromatic N) is 1. The second-order valence-electron chi connectivity index (χ2n) is 5.08. The predicted octanol–water partition coefficient (Wildman–Crippen LogP) is 2.02. The zero-order chi connectivity index (χ0) is 13.0. The SMILES string of the molecule is CC(C(=O)N1CCC(CCO)C1)c1ccccc1. The maximum Gasteiger partial charge on any atom is 0.229 e. The molecule has 2 atom stereocenters. The third-order valence-electron chi connectivity index (χ3n) is 3.80. The summed E-state index contributed by atoms with van der Waals surface area (Å²) in [7, 11) is 0. The van der Waals surface area contributed by atoms with E-state index in [2.05, 4.69) is 0 Å². The third kappa shape index (κ3) is 2.91. The molecule has 2 unspecified atom stereocenters. The Hall–Kier alpha value is -1.35. The summed E-state index contributed by atoms with van der Waals surface area (Å²) in [5, 5.41) is 8.94. The van der Waals surface area contributed by atoms with Gasteiger partial charge in [-0.15, -0.1) is 0 Å². The quantitative estimate of drug-likeness (QED) is 0.884. The largest absolute Gasteiger partial charge is 0.396 e. The fraction of sp³-hybridized carbons (Fsp3) is 0.533. The van der Waals surface area contributed by atoms with Crippen molar-refractivity contribution in [3.63, 3.8) is 0 Å². The van der Waals surface area contributed by atoms with Crippen molar-refractivity contribution in [3.8, 4) is 0 Å². The summed E-state index contributed by atoms with van der Waals surface area (Å²) in [6, 6.07) is 9.91. The molecule has 0 bridgehead atoms. The molecule has 1 fully saturated rings. The Morgan fingerprint density at radius 1 is 1.44 bits per heavy atom. The van der Waals surface area contributed by atoms with Crippen LogP contribution in [0.25, 0.3) is 0 Å². The highest BCUT2D eigenvalue weighted by Gasteiger charge is 2.28. The number of carbonyl (C=O) groups is 1. The van der Waals surface area contributed by atoms with Gasteiger partial charge >= 0.3 is 0 Å². The van der Waals surface area contributed by atoms with Crippen LogP contribution in [0, 0.1) is 5.92 Å². The van der Waals surface area contributed by atoms with Gasteiger partial charge in [0.1, 0.15) is 0 Å². The molecule has 1 heterocycles. The summed E-state index contributed by atoms with van der Waals surface area (Å²) in [6.45, 7) is 3.83. The lowest BCUT2D eigenvalue weighted by atomic mass is 10.00. The molecule has 3 nitrogen and oxygen atoms in total. The number of hydrogen-bond acceptors (Lipinski definition) is 2. The summed E-state index contributed by atoms with van der Waals surface area (Å²) < 4.78 is 0. The van der Waals surface area contributed by atoms with E-state index in [4.69, 9.17) is 5.11 Å². The van der Waals surface area contributed by atoms with Crippen LogP contribution in [0.15, 0.2) is 30.3 Å². The number of amides is 1. The Kier molecular flexibility index (Phi) is 4.37. The number of hydrogen-bond donors (Lipinski definition) is 1. The van der Waals surface area contributed by atoms with Gasteiger partial charge < -0.3 is 10.0 Å². The van der Waals surface area contributed by atoms with E-state index in [0.29, 0.717) is 5.92 Å². The molecule has 0 aromatic heterocycles. The summed E-state index contributed by atoms with van der Waals surface area (Å²) in [5.74, 6) is 0.614. The van der Waals surface area contributed by atoms with Gasteiger partial charge in [-0.2, -0.15) is 0 Å². The van der Waals surface area contributed by atoms with Crippen molar-refractivity contribution in [3.05, 3.63) is 35.9 Å². The van der Waals surface area contributed by atoms with Gasteiger partial charge in [0.2, 0.25) is 5.91 Å². The van der Waals surface area contributed by atoms with Crippen LogP contribution < -0.4 is 0 Å². The minimum Gasteiger partial charge on any atom is -0.396 e. The molecule has 3 heteroatoms. The smallest absolute Gasteiger partial charge is 0.229 e. The first kappa shape index (κ1) is 13.1. The maximum atomic E-state index is 12.4. The summed E-state index contributed by atoms with van der Waals surface area (Å²) in [4.78, 5) is 14.3. The average Bonchev–Trinajstić information content (AvgIpc) is 2.87. The Morgan fingerprint density at radius 3 is 2.83 bits per heavy atom. The Balaban J connectivity index is 1.96. The fourth-order valence-corrected chi connectivity index (χ4v) is 2.61. The number of carbonyl (C=O) groups excluding carboxylic acids is 1. The minimum atomic E-state index is -0.0703. The molecule has 1 amide bonds. The highest BCUT2D eigenvalue weighted by Crippen LogP contribution is 2.24. The van der Waals surface area contributed by atoms with Crippen molar-refractivity contribution in [1.29, 1.82) is 0 Å². The van der Waals surface area contributed by atoms with E-state index >= 15 is 0 Å². The van der Waals surface area contributed by atoms with E-state index < -0.39 is 0 Å². The standard InChI is InChI=1S/C15H21NO2/c1-12(14-5-3-2-4-6-14)15(18)16-9-7-13(11-16)8-10-17/h2-6,12-13,17H,7-11H2,1H3. The number of rotatable bonds is 4. The van der Waals surface area contributed by atoms with Crippen molar-refractivity contribution < 1.29 is 9.90 Å². The second-order valence-corrected chi connectivity index (χ2v) is 5.08. The fourth-order valence-electron chi connectivity index (χ4n) is 2.61. The van der Waals surface area contributed by atoms with Gasteiger partial charge in [0.25, 0.3) is 0 Å². The van der Waals surface area contributed by atoms with E-state index in [9.17, 15) is 4.79 Å². The van der Waals surface area contributed by atoms with Gasteiger partial charge in [-0.1, -0.05) is 30.3 Å². The highest BCUT2D eigenvalue weighted by molar-refractivity contribution is 5.83. The molecule has 98 valence electrons. The van der Waals surface area contributed by atoms with Crippen LogP contribution in [0.1, 0.15) is 31.2 Å². The first-order valence-electron chi connectivity index (χ1n) is 6.67. The topological polar surface area (TPSA) is 40.5 Å². The van der Waals surface area contributed by atoms with E-state index in [1.54, 1.807) is 0 Å². The lowest BCUT2D eigenvalue weighted by Gasteiger charge is -2.21. The normalized spacial score (nSPS) is 21.0. The molecule has 18 heavy (non-hydrogen) atoms. The number of aliphatic hydroxyl groups excluding tert-OH is 1. The van der Waals surface area contributed by atoms with Gasteiger partial charge in [0.05, 0.1) is 5.92 Å². The zero-order valence-electron chi connectivity index (χ0n) is 10.9. The Bertz CT molecular complexity index is 391. The molecule has 0 saturated carbocycles. The molecule has 1 aliphatic rings. The van der Waals surface area contributed by atoms with Crippen molar-refractivity contribution in [1.82, 2.24) is 4.90 Å². The van der Waals surface area contributed by atoms with Crippen LogP contribution in [0.5, 0.6) is 0 Å². The van der Waals surface area contributed by atoms with Gasteiger partial charge in [0.15, 0.2) is 0 Å². The molecular weight excluding hydrogens is 226 g/mol. The van der Waals surface area contributed by atoms with Gasteiger partial charge in [-0.05, 0) is 31.2 Å². The summed E-state index contributed by atoms with van der Waals surface area (Å²) in [5.41, 5.74) is 1.08. The monoisotopic (exact) mass is 247 g/mol. The molecule has 0 radical (unpaired) electrons. The lowest BCUT2D eigenvalue weighted by molar-refractivity contribution is -0.131. The van der Waals surface area contributed by atoms with Gasteiger partial charge in [-0.25, -0.2) is 0 Å². The summed E-state index contributed by atoms with van der Waals surface area (Å²) in [6.07, 6.45) is 1.83. The van der Waals surface area contributed by atoms with E-state index in [1.165, 1.54) is 0 Å². The maximum absolute atomic E-state index is 12.4. The van der Waals surface area contributed by atoms with E-state index in [-0.39, 0.29) is 18.4 Å². The van der Waals surface area contributed by atoms with Gasteiger partial charge in [-0.3, -0.25) is 4.79 Å². The molecule has 1 aromatic rings. The van der Waals surface area contributed by atoms with Crippen LogP contribution in [-0.2, 0) is 4.79 Å². The molecule has 1 aliphatic heterocycles. The summed E-state index contributed by atoms with van der Waals surface area (Å²) >= 11 is 0. The molecule has 0 aliphatic carbocycles. The van der Waals surface area contributed by atoms with Crippen LogP contribution in [-0.4, -0.2) is 35.6 Å². The van der Waals surface area contributed by atoms with Crippen LogP contribution in [0.2, 0.25) is 0 Å². The van der Waals surface area contributed by atoms with E-state index in [0.717, 1.165) is 31.5 Å². The number of likely N-dealkylation sites (tertiary alicyclic amines) is 1. The molecule has 1 N–H and O–H groups in total. The molecule has 0 spiro atoms. The molecular formula is C15H21NO2. The van der Waals surface area contributed by atoms with Crippen molar-refractivity contribution >= 4 is 5.91 Å². The van der Waals surface area contributed by atoms with Crippen molar-refractivity contribution in [2.75, 3.05) is 19.7 Å². The first-order chi connectivity index (χ1) is 8.72. The minimum absolute atomic E-state index is 0.0703. The average molecular weight is 247 g/mol.